The van der Waals surface area contributed by atoms with Gasteiger partial charge < -0.3 is 0 Å². The average molecular weight is 245 g/mol. The Bertz CT molecular complexity index is 263. The SMILES string of the molecule is CCCCCCCCCCCCc1cc[c]cc1. The molecule has 0 heteroatoms. The van der Waals surface area contributed by atoms with E-state index in [1.807, 2.05) is 12.1 Å². The van der Waals surface area contributed by atoms with Crippen molar-refractivity contribution in [3.63, 3.8) is 0 Å². The van der Waals surface area contributed by atoms with Crippen LogP contribution in [0.4, 0.5) is 0 Å². The zero-order valence-corrected chi connectivity index (χ0v) is 12.1. The highest BCUT2D eigenvalue weighted by molar-refractivity contribution is 5.13. The molecule has 0 heterocycles. The second kappa shape index (κ2) is 11.3. The van der Waals surface area contributed by atoms with Crippen LogP contribution >= 0.6 is 0 Å². The lowest BCUT2D eigenvalue weighted by atomic mass is 10.0. The molecule has 0 fully saturated rings. The molecule has 0 aliphatic heterocycles. The van der Waals surface area contributed by atoms with E-state index in [0.717, 1.165) is 0 Å². The predicted molar refractivity (Wildman–Crippen MR) is 80.8 cm³/mol. The number of hydrogen-bond donors (Lipinski definition) is 0. The fourth-order valence-electron chi connectivity index (χ4n) is 2.40. The minimum absolute atomic E-state index is 1.24. The van der Waals surface area contributed by atoms with Crippen LogP contribution in [0.15, 0.2) is 24.3 Å². The summed E-state index contributed by atoms with van der Waals surface area (Å²) in [5, 5.41) is 0. The monoisotopic (exact) mass is 245 g/mol. The molecule has 18 heavy (non-hydrogen) atoms. The molecular weight excluding hydrogens is 216 g/mol. The summed E-state index contributed by atoms with van der Waals surface area (Å²) in [6.07, 6.45) is 15.4. The van der Waals surface area contributed by atoms with Crippen LogP contribution in [0.3, 0.4) is 0 Å². The summed E-state index contributed by atoms with van der Waals surface area (Å²) in [6, 6.07) is 11.5. The Hall–Kier alpha value is -0.780. The average Bonchev–Trinajstić information content (AvgIpc) is 2.42. The molecular formula is C18H29. The minimum Gasteiger partial charge on any atom is -0.0654 e. The Labute approximate surface area is 114 Å². The highest BCUT2D eigenvalue weighted by Crippen LogP contribution is 2.12. The Balaban J connectivity index is 1.82. The maximum atomic E-state index is 3.07. The standard InChI is InChI=1S/C18H29/c1-2-3-4-5-6-7-8-9-10-12-15-18-16-13-11-14-17-18/h13-14,16-17H,2-10,12,15H2,1H3. The second-order valence-electron chi connectivity index (χ2n) is 5.34. The normalized spacial score (nSPS) is 10.7. The number of unbranched alkanes of at least 4 members (excludes halogenated alkanes) is 9. The van der Waals surface area contributed by atoms with Gasteiger partial charge in [-0.3, -0.25) is 0 Å². The van der Waals surface area contributed by atoms with Gasteiger partial charge in [0.2, 0.25) is 0 Å². The van der Waals surface area contributed by atoms with Crippen LogP contribution in [0, 0.1) is 6.07 Å². The van der Waals surface area contributed by atoms with Crippen molar-refractivity contribution in [2.45, 2.75) is 77.6 Å². The number of hydrogen-bond acceptors (Lipinski definition) is 0. The van der Waals surface area contributed by atoms with Gasteiger partial charge in [0.15, 0.2) is 0 Å². The maximum Gasteiger partial charge on any atom is -0.0184 e. The van der Waals surface area contributed by atoms with Crippen molar-refractivity contribution in [2.24, 2.45) is 0 Å². The van der Waals surface area contributed by atoms with E-state index in [9.17, 15) is 0 Å². The van der Waals surface area contributed by atoms with Crippen molar-refractivity contribution in [3.05, 3.63) is 35.9 Å². The van der Waals surface area contributed by atoms with Gasteiger partial charge in [-0.1, -0.05) is 89.0 Å². The van der Waals surface area contributed by atoms with E-state index < -0.39 is 0 Å². The first-order valence-electron chi connectivity index (χ1n) is 7.88. The quantitative estimate of drug-likeness (QED) is 0.423. The third-order valence-electron chi connectivity index (χ3n) is 3.61. The maximum absolute atomic E-state index is 3.07. The van der Waals surface area contributed by atoms with Gasteiger partial charge in [-0.2, -0.15) is 0 Å². The van der Waals surface area contributed by atoms with Crippen molar-refractivity contribution in [1.82, 2.24) is 0 Å². The molecule has 1 rings (SSSR count). The Morgan fingerprint density at radius 1 is 0.722 bits per heavy atom. The van der Waals surface area contributed by atoms with Crippen molar-refractivity contribution in [3.8, 4) is 0 Å². The fourth-order valence-corrected chi connectivity index (χ4v) is 2.40. The molecule has 1 aromatic carbocycles. The van der Waals surface area contributed by atoms with Gasteiger partial charge >= 0.3 is 0 Å². The summed E-state index contributed by atoms with van der Waals surface area (Å²) in [5.74, 6) is 0. The Kier molecular flexibility index (Phi) is 9.61. The highest BCUT2D eigenvalue weighted by atomic mass is 14.0. The summed E-state index contributed by atoms with van der Waals surface area (Å²) in [7, 11) is 0. The lowest BCUT2D eigenvalue weighted by Crippen LogP contribution is -1.86. The fraction of sp³-hybridized carbons (Fsp3) is 0.667. The van der Waals surface area contributed by atoms with E-state index in [1.165, 1.54) is 76.2 Å². The van der Waals surface area contributed by atoms with Crippen molar-refractivity contribution < 1.29 is 0 Å². The summed E-state index contributed by atoms with van der Waals surface area (Å²) >= 11 is 0. The van der Waals surface area contributed by atoms with Gasteiger partial charge in [0, 0.05) is 0 Å². The zero-order valence-electron chi connectivity index (χ0n) is 12.1. The first-order chi connectivity index (χ1) is 8.93. The lowest BCUT2D eigenvalue weighted by molar-refractivity contribution is 0.556. The van der Waals surface area contributed by atoms with E-state index in [0.29, 0.717) is 0 Å². The summed E-state index contributed by atoms with van der Waals surface area (Å²) in [5.41, 5.74) is 1.47. The van der Waals surface area contributed by atoms with Crippen LogP contribution in [-0.4, -0.2) is 0 Å². The smallest absolute Gasteiger partial charge is 0.0184 e. The van der Waals surface area contributed by atoms with Crippen molar-refractivity contribution in [2.75, 3.05) is 0 Å². The minimum atomic E-state index is 1.24. The van der Waals surface area contributed by atoms with Crippen molar-refractivity contribution in [1.29, 1.82) is 0 Å². The molecule has 0 atom stereocenters. The third-order valence-corrected chi connectivity index (χ3v) is 3.61. The van der Waals surface area contributed by atoms with E-state index >= 15 is 0 Å². The molecule has 0 aromatic heterocycles. The summed E-state index contributed by atoms with van der Waals surface area (Å²) < 4.78 is 0. The van der Waals surface area contributed by atoms with E-state index in [2.05, 4.69) is 25.1 Å². The molecule has 0 saturated carbocycles. The molecule has 0 nitrogen and oxygen atoms in total. The highest BCUT2D eigenvalue weighted by Gasteiger charge is 1.94. The summed E-state index contributed by atoms with van der Waals surface area (Å²) in [4.78, 5) is 0. The molecule has 0 spiro atoms. The van der Waals surface area contributed by atoms with Crippen molar-refractivity contribution >= 4 is 0 Å². The number of benzene rings is 1. The lowest BCUT2D eigenvalue weighted by Gasteiger charge is -2.02. The van der Waals surface area contributed by atoms with Crippen LogP contribution in [0.1, 0.15) is 76.7 Å². The van der Waals surface area contributed by atoms with E-state index in [1.54, 1.807) is 0 Å². The molecule has 1 aromatic rings. The van der Waals surface area contributed by atoms with Gasteiger partial charge in [-0.25, -0.2) is 0 Å². The second-order valence-corrected chi connectivity index (χ2v) is 5.34. The molecule has 101 valence electrons. The van der Waals surface area contributed by atoms with E-state index in [-0.39, 0.29) is 0 Å². The summed E-state index contributed by atoms with van der Waals surface area (Å²) in [6.45, 7) is 2.28. The van der Waals surface area contributed by atoms with E-state index in [4.69, 9.17) is 0 Å². The molecule has 0 aliphatic rings. The van der Waals surface area contributed by atoms with Crippen LogP contribution in [-0.2, 0) is 6.42 Å². The van der Waals surface area contributed by atoms with Gasteiger partial charge in [-0.15, -0.1) is 0 Å². The van der Waals surface area contributed by atoms with Crippen LogP contribution in [0.2, 0.25) is 0 Å². The third kappa shape index (κ3) is 8.33. The first-order valence-corrected chi connectivity index (χ1v) is 7.88. The number of rotatable bonds is 11. The largest absolute Gasteiger partial charge is 0.0654 e. The molecule has 0 N–H and O–H groups in total. The van der Waals surface area contributed by atoms with Crippen LogP contribution in [0.25, 0.3) is 0 Å². The first kappa shape index (κ1) is 15.3. The molecule has 0 amide bonds. The molecule has 0 aliphatic carbocycles. The zero-order chi connectivity index (χ0) is 12.9. The topological polar surface area (TPSA) is 0 Å². The predicted octanol–water partition coefficient (Wildman–Crippen LogP) is 5.95. The van der Waals surface area contributed by atoms with Gasteiger partial charge in [0.25, 0.3) is 0 Å². The Morgan fingerprint density at radius 3 is 1.78 bits per heavy atom. The molecule has 0 saturated heterocycles. The molecule has 0 bridgehead atoms. The van der Waals surface area contributed by atoms with Gasteiger partial charge in [-0.05, 0) is 24.5 Å². The van der Waals surface area contributed by atoms with Gasteiger partial charge in [0.1, 0.15) is 0 Å². The molecule has 0 unspecified atom stereocenters. The van der Waals surface area contributed by atoms with Crippen LogP contribution < -0.4 is 0 Å². The molecule has 1 radical (unpaired) electrons. The van der Waals surface area contributed by atoms with Crippen LogP contribution in [0.5, 0.6) is 0 Å². The number of aryl methyl sites for hydroxylation is 1. The Morgan fingerprint density at radius 2 is 1.22 bits per heavy atom. The van der Waals surface area contributed by atoms with Gasteiger partial charge in [0.05, 0.1) is 0 Å².